The van der Waals surface area contributed by atoms with Gasteiger partial charge in [0, 0.05) is 21.6 Å². The highest BCUT2D eigenvalue weighted by atomic mass is 79.9. The summed E-state index contributed by atoms with van der Waals surface area (Å²) in [6.07, 6.45) is -1.92. The quantitative estimate of drug-likeness (QED) is 0.855. The van der Waals surface area contributed by atoms with E-state index < -0.39 is 23.5 Å². The van der Waals surface area contributed by atoms with Gasteiger partial charge in [-0.3, -0.25) is 4.98 Å². The third kappa shape index (κ3) is 2.52. The average molecular weight is 345 g/mol. The molecular formula is C8H5Br2F2NO2. The predicted molar refractivity (Wildman–Crippen MR) is 56.5 cm³/mol. The second kappa shape index (κ2) is 4.98. The van der Waals surface area contributed by atoms with Crippen molar-refractivity contribution in [3.63, 3.8) is 0 Å². The number of nitrogens with zero attached hydrogens (tertiary/aromatic N) is 1. The van der Waals surface area contributed by atoms with Crippen LogP contribution in [-0.2, 0) is 5.33 Å². The predicted octanol–water partition coefficient (Wildman–Crippen LogP) is 3.37. The Morgan fingerprint density at radius 2 is 2.20 bits per heavy atom. The van der Waals surface area contributed by atoms with Crippen LogP contribution in [0, 0.1) is 0 Å². The fraction of sp³-hybridized carbons (Fsp3) is 0.250. The maximum atomic E-state index is 12.6. The van der Waals surface area contributed by atoms with E-state index in [1.54, 1.807) is 0 Å². The number of alkyl halides is 3. The van der Waals surface area contributed by atoms with E-state index in [2.05, 4.69) is 36.8 Å². The topological polar surface area (TPSA) is 50.2 Å². The molecule has 15 heavy (non-hydrogen) atoms. The van der Waals surface area contributed by atoms with Gasteiger partial charge in [-0.25, -0.2) is 13.6 Å². The van der Waals surface area contributed by atoms with E-state index in [-0.39, 0.29) is 9.80 Å². The van der Waals surface area contributed by atoms with E-state index in [0.717, 1.165) is 6.20 Å². The molecule has 0 bridgehead atoms. The summed E-state index contributed by atoms with van der Waals surface area (Å²) in [5, 5.41) is 8.97. The van der Waals surface area contributed by atoms with Gasteiger partial charge in [0.1, 0.15) is 0 Å². The lowest BCUT2D eigenvalue weighted by molar-refractivity contribution is 0.0683. The molecular weight excluding hydrogens is 340 g/mol. The van der Waals surface area contributed by atoms with Crippen LogP contribution in [-0.4, -0.2) is 16.1 Å². The molecule has 0 saturated heterocycles. The zero-order valence-electron chi connectivity index (χ0n) is 7.18. The van der Waals surface area contributed by atoms with Gasteiger partial charge in [0.05, 0.1) is 11.3 Å². The van der Waals surface area contributed by atoms with Crippen molar-refractivity contribution in [2.24, 2.45) is 0 Å². The molecule has 0 saturated carbocycles. The van der Waals surface area contributed by atoms with Gasteiger partial charge in [0.15, 0.2) is 0 Å². The van der Waals surface area contributed by atoms with E-state index in [1.165, 1.54) is 0 Å². The van der Waals surface area contributed by atoms with E-state index >= 15 is 0 Å². The fourth-order valence-electron chi connectivity index (χ4n) is 1.02. The number of carboxylic acid groups (broad SMARTS) is 1. The van der Waals surface area contributed by atoms with Crippen LogP contribution in [0.15, 0.2) is 10.7 Å². The van der Waals surface area contributed by atoms with Crippen molar-refractivity contribution in [1.29, 1.82) is 0 Å². The smallest absolute Gasteiger partial charge is 0.337 e. The maximum Gasteiger partial charge on any atom is 0.337 e. The molecule has 0 amide bonds. The number of carboxylic acids is 1. The fourth-order valence-corrected chi connectivity index (χ4v) is 2.45. The Morgan fingerprint density at radius 3 is 2.60 bits per heavy atom. The number of hydrogen-bond donors (Lipinski definition) is 1. The first-order valence-corrected chi connectivity index (χ1v) is 5.65. The lowest BCUT2D eigenvalue weighted by Gasteiger charge is -2.09. The molecule has 0 unspecified atom stereocenters. The van der Waals surface area contributed by atoms with Crippen LogP contribution in [0.3, 0.4) is 0 Å². The first-order valence-electron chi connectivity index (χ1n) is 3.73. The van der Waals surface area contributed by atoms with Crippen molar-refractivity contribution in [3.8, 4) is 0 Å². The van der Waals surface area contributed by atoms with E-state index in [4.69, 9.17) is 5.11 Å². The molecule has 1 heterocycles. The van der Waals surface area contributed by atoms with Gasteiger partial charge >= 0.3 is 5.97 Å². The van der Waals surface area contributed by atoms with Crippen molar-refractivity contribution in [2.75, 3.05) is 0 Å². The molecule has 1 aromatic rings. The zero-order valence-corrected chi connectivity index (χ0v) is 10.3. The third-order valence-electron chi connectivity index (χ3n) is 1.70. The Morgan fingerprint density at radius 1 is 1.60 bits per heavy atom. The molecule has 0 atom stereocenters. The van der Waals surface area contributed by atoms with E-state index in [1.807, 2.05) is 0 Å². The van der Waals surface area contributed by atoms with E-state index in [9.17, 15) is 13.6 Å². The average Bonchev–Trinajstić information content (AvgIpc) is 2.16. The minimum absolute atomic E-state index is 0.0364. The number of rotatable bonds is 3. The highest BCUT2D eigenvalue weighted by molar-refractivity contribution is 9.10. The normalized spacial score (nSPS) is 10.7. The summed E-state index contributed by atoms with van der Waals surface area (Å²) in [5.74, 6) is -1.42. The summed E-state index contributed by atoms with van der Waals surface area (Å²) < 4.78 is 25.3. The SMILES string of the molecule is O=C(O)c1cnc(CBr)c(Br)c1C(F)F. The number of carbonyl (C=O) groups is 1. The van der Waals surface area contributed by atoms with Crippen molar-refractivity contribution in [3.05, 3.63) is 27.5 Å². The minimum atomic E-state index is -2.86. The first-order chi connectivity index (χ1) is 6.99. The first kappa shape index (κ1) is 12.5. The Kier molecular flexibility index (Phi) is 4.15. The largest absolute Gasteiger partial charge is 0.478 e. The van der Waals surface area contributed by atoms with Crippen molar-refractivity contribution in [1.82, 2.24) is 4.98 Å². The lowest BCUT2D eigenvalue weighted by Crippen LogP contribution is -2.07. The molecule has 0 fully saturated rings. The van der Waals surface area contributed by atoms with Crippen LogP contribution in [0.2, 0.25) is 0 Å². The number of aromatic carboxylic acids is 1. The Balaban J connectivity index is 3.44. The van der Waals surface area contributed by atoms with Crippen LogP contribution in [0.1, 0.15) is 28.0 Å². The molecule has 1 rings (SSSR count). The van der Waals surface area contributed by atoms with Gasteiger partial charge in [-0.2, -0.15) is 0 Å². The molecule has 0 radical (unpaired) electrons. The highest BCUT2D eigenvalue weighted by Gasteiger charge is 2.23. The molecule has 82 valence electrons. The van der Waals surface area contributed by atoms with Crippen LogP contribution < -0.4 is 0 Å². The standard InChI is InChI=1S/C8H5Br2F2NO2/c9-1-4-6(10)5(7(11)12)3(2-13-4)8(14)15/h2,7H,1H2,(H,14,15). The number of hydrogen-bond acceptors (Lipinski definition) is 2. The minimum Gasteiger partial charge on any atom is -0.478 e. The lowest BCUT2D eigenvalue weighted by atomic mass is 10.1. The third-order valence-corrected chi connectivity index (χ3v) is 3.12. The molecule has 0 aromatic carbocycles. The van der Waals surface area contributed by atoms with E-state index in [0.29, 0.717) is 5.69 Å². The van der Waals surface area contributed by atoms with Gasteiger partial charge in [0.2, 0.25) is 0 Å². The zero-order chi connectivity index (χ0) is 11.6. The second-order valence-corrected chi connectivity index (χ2v) is 3.94. The summed E-state index contributed by atoms with van der Waals surface area (Å²) in [6, 6.07) is 0. The highest BCUT2D eigenvalue weighted by Crippen LogP contribution is 2.32. The maximum absolute atomic E-state index is 12.6. The molecule has 0 aliphatic rings. The Labute approximate surface area is 101 Å². The summed E-state index contributed by atoms with van der Waals surface area (Å²) in [6.45, 7) is 0. The molecule has 3 nitrogen and oxygen atoms in total. The molecule has 0 spiro atoms. The van der Waals surface area contributed by atoms with Gasteiger partial charge in [-0.1, -0.05) is 15.9 Å². The summed E-state index contributed by atoms with van der Waals surface area (Å²) in [7, 11) is 0. The molecule has 7 heteroatoms. The summed E-state index contributed by atoms with van der Waals surface area (Å²) >= 11 is 5.99. The Hall–Kier alpha value is -0.560. The van der Waals surface area contributed by atoms with Crippen LogP contribution in [0.5, 0.6) is 0 Å². The second-order valence-electron chi connectivity index (χ2n) is 2.59. The van der Waals surface area contributed by atoms with Gasteiger partial charge in [-0.15, -0.1) is 0 Å². The van der Waals surface area contributed by atoms with Crippen LogP contribution >= 0.6 is 31.9 Å². The monoisotopic (exact) mass is 343 g/mol. The summed E-state index contributed by atoms with van der Waals surface area (Å²) in [5.41, 5.74) is -0.677. The summed E-state index contributed by atoms with van der Waals surface area (Å²) in [4.78, 5) is 14.4. The Bertz CT molecular complexity index is 398. The van der Waals surface area contributed by atoms with Gasteiger partial charge in [-0.05, 0) is 15.9 Å². The molecule has 0 aliphatic heterocycles. The number of pyridine rings is 1. The van der Waals surface area contributed by atoms with Crippen LogP contribution in [0.25, 0.3) is 0 Å². The molecule has 1 N–H and O–H groups in total. The van der Waals surface area contributed by atoms with Crippen LogP contribution in [0.4, 0.5) is 8.78 Å². The van der Waals surface area contributed by atoms with Crippen molar-refractivity contribution < 1.29 is 18.7 Å². The van der Waals surface area contributed by atoms with Gasteiger partial charge in [0.25, 0.3) is 6.43 Å². The number of aromatic nitrogens is 1. The van der Waals surface area contributed by atoms with Crippen molar-refractivity contribution in [2.45, 2.75) is 11.8 Å². The molecule has 1 aromatic heterocycles. The number of halogens is 4. The van der Waals surface area contributed by atoms with Gasteiger partial charge < -0.3 is 5.11 Å². The van der Waals surface area contributed by atoms with Crippen molar-refractivity contribution >= 4 is 37.8 Å². The molecule has 0 aliphatic carbocycles.